The summed E-state index contributed by atoms with van der Waals surface area (Å²) in [4.78, 5) is 18.5. The molecule has 0 aliphatic carbocycles. The number of hydrogen-bond acceptors (Lipinski definition) is 4. The van der Waals surface area contributed by atoms with Gasteiger partial charge in [-0.3, -0.25) is 4.79 Å². The zero-order chi connectivity index (χ0) is 17.8. The molecular weight excluding hydrogens is 340 g/mol. The van der Waals surface area contributed by atoms with Gasteiger partial charge in [-0.05, 0) is 55.7 Å². The minimum atomic E-state index is -0.0401. The van der Waals surface area contributed by atoms with Gasteiger partial charge in [0.2, 0.25) is 0 Å². The molecule has 1 aromatic carbocycles. The monoisotopic (exact) mass is 360 g/mol. The predicted molar refractivity (Wildman–Crippen MR) is 96.5 cm³/mol. The maximum Gasteiger partial charge on any atom is 0.255 e. The SMILES string of the molecule is CCOc1cc2c(cc1OCC)CN(C(=O)c1ccc(Cl)nc1)CC2. The van der Waals surface area contributed by atoms with Crippen molar-refractivity contribution in [2.45, 2.75) is 26.8 Å². The van der Waals surface area contributed by atoms with Crippen LogP contribution >= 0.6 is 11.6 Å². The lowest BCUT2D eigenvalue weighted by atomic mass is 9.98. The van der Waals surface area contributed by atoms with Gasteiger partial charge in [-0.15, -0.1) is 0 Å². The average molecular weight is 361 g/mol. The van der Waals surface area contributed by atoms with Crippen molar-refractivity contribution >= 4 is 17.5 Å². The van der Waals surface area contributed by atoms with E-state index in [1.165, 1.54) is 11.8 Å². The van der Waals surface area contributed by atoms with E-state index in [1.54, 1.807) is 12.1 Å². The Morgan fingerprint density at radius 1 is 1.16 bits per heavy atom. The van der Waals surface area contributed by atoms with Crippen LogP contribution in [0.2, 0.25) is 5.15 Å². The fourth-order valence-corrected chi connectivity index (χ4v) is 3.07. The first-order chi connectivity index (χ1) is 12.1. The number of carbonyl (C=O) groups excluding carboxylic acids is 1. The van der Waals surface area contributed by atoms with Gasteiger partial charge < -0.3 is 14.4 Å². The number of rotatable bonds is 5. The average Bonchev–Trinajstić information content (AvgIpc) is 2.62. The number of amides is 1. The highest BCUT2D eigenvalue weighted by Gasteiger charge is 2.24. The number of fused-ring (bicyclic) bond motifs is 1. The summed E-state index contributed by atoms with van der Waals surface area (Å²) in [7, 11) is 0. The number of carbonyl (C=O) groups is 1. The van der Waals surface area contributed by atoms with Crippen LogP contribution in [0.25, 0.3) is 0 Å². The fraction of sp³-hybridized carbons (Fsp3) is 0.368. The quantitative estimate of drug-likeness (QED) is 0.762. The van der Waals surface area contributed by atoms with Gasteiger partial charge in [0.25, 0.3) is 5.91 Å². The highest BCUT2D eigenvalue weighted by atomic mass is 35.5. The highest BCUT2D eigenvalue weighted by Crippen LogP contribution is 2.34. The second-order valence-corrected chi connectivity index (χ2v) is 6.17. The molecule has 1 amide bonds. The van der Waals surface area contributed by atoms with Crippen LogP contribution in [-0.2, 0) is 13.0 Å². The Kier molecular flexibility index (Phi) is 5.43. The Balaban J connectivity index is 1.83. The summed E-state index contributed by atoms with van der Waals surface area (Å²) in [5.41, 5.74) is 2.84. The van der Waals surface area contributed by atoms with E-state index < -0.39 is 0 Å². The molecule has 6 heteroatoms. The summed E-state index contributed by atoms with van der Waals surface area (Å²) in [6.07, 6.45) is 2.30. The van der Waals surface area contributed by atoms with Crippen molar-refractivity contribution in [1.82, 2.24) is 9.88 Å². The molecule has 2 aromatic rings. The van der Waals surface area contributed by atoms with Crippen molar-refractivity contribution in [3.8, 4) is 11.5 Å². The van der Waals surface area contributed by atoms with Gasteiger partial charge in [0.15, 0.2) is 11.5 Å². The highest BCUT2D eigenvalue weighted by molar-refractivity contribution is 6.29. The van der Waals surface area contributed by atoms with E-state index in [9.17, 15) is 4.79 Å². The van der Waals surface area contributed by atoms with Gasteiger partial charge in [0.05, 0.1) is 18.8 Å². The van der Waals surface area contributed by atoms with Crippen LogP contribution < -0.4 is 9.47 Å². The molecule has 132 valence electrons. The topological polar surface area (TPSA) is 51.7 Å². The van der Waals surface area contributed by atoms with Crippen molar-refractivity contribution in [3.05, 3.63) is 52.3 Å². The molecule has 5 nitrogen and oxygen atoms in total. The standard InChI is InChI=1S/C19H21ClN2O3/c1-3-24-16-9-13-7-8-22(12-15(13)10-17(16)25-4-2)19(23)14-5-6-18(20)21-11-14/h5-6,9-11H,3-4,7-8,12H2,1-2H3. The Bertz CT molecular complexity index is 762. The van der Waals surface area contributed by atoms with E-state index in [2.05, 4.69) is 4.98 Å². The first-order valence-electron chi connectivity index (χ1n) is 8.44. The van der Waals surface area contributed by atoms with Crippen molar-refractivity contribution in [2.75, 3.05) is 19.8 Å². The van der Waals surface area contributed by atoms with Crippen LogP contribution in [-0.4, -0.2) is 35.5 Å². The summed E-state index contributed by atoms with van der Waals surface area (Å²) in [6.45, 7) is 6.26. The van der Waals surface area contributed by atoms with Gasteiger partial charge >= 0.3 is 0 Å². The molecule has 0 N–H and O–H groups in total. The van der Waals surface area contributed by atoms with E-state index in [0.717, 1.165) is 23.5 Å². The van der Waals surface area contributed by atoms with E-state index >= 15 is 0 Å². The maximum atomic E-state index is 12.7. The zero-order valence-electron chi connectivity index (χ0n) is 14.4. The lowest BCUT2D eigenvalue weighted by molar-refractivity contribution is 0.0734. The molecule has 0 atom stereocenters. The lowest BCUT2D eigenvalue weighted by Crippen LogP contribution is -2.36. The summed E-state index contributed by atoms with van der Waals surface area (Å²) < 4.78 is 11.4. The van der Waals surface area contributed by atoms with E-state index in [1.807, 2.05) is 30.9 Å². The molecule has 0 radical (unpaired) electrons. The minimum absolute atomic E-state index is 0.0401. The zero-order valence-corrected chi connectivity index (χ0v) is 15.2. The number of halogens is 1. The maximum absolute atomic E-state index is 12.7. The van der Waals surface area contributed by atoms with Crippen molar-refractivity contribution in [3.63, 3.8) is 0 Å². The van der Waals surface area contributed by atoms with Crippen LogP contribution in [0.3, 0.4) is 0 Å². The molecule has 1 aliphatic rings. The molecule has 0 fully saturated rings. The number of pyridine rings is 1. The number of benzene rings is 1. The third kappa shape index (κ3) is 3.87. The number of nitrogens with zero attached hydrogens (tertiary/aromatic N) is 2. The molecule has 3 rings (SSSR count). The molecule has 0 spiro atoms. The molecule has 25 heavy (non-hydrogen) atoms. The van der Waals surface area contributed by atoms with E-state index in [0.29, 0.717) is 37.0 Å². The van der Waals surface area contributed by atoms with Crippen LogP contribution in [0.5, 0.6) is 11.5 Å². The van der Waals surface area contributed by atoms with Crippen molar-refractivity contribution in [1.29, 1.82) is 0 Å². The van der Waals surface area contributed by atoms with Crippen LogP contribution in [0.4, 0.5) is 0 Å². The minimum Gasteiger partial charge on any atom is -0.490 e. The molecule has 0 unspecified atom stereocenters. The molecule has 0 bridgehead atoms. The Labute approximate surface area is 152 Å². The lowest BCUT2D eigenvalue weighted by Gasteiger charge is -2.30. The summed E-state index contributed by atoms with van der Waals surface area (Å²) >= 11 is 5.79. The molecule has 2 heterocycles. The second-order valence-electron chi connectivity index (χ2n) is 5.78. The van der Waals surface area contributed by atoms with Gasteiger partial charge in [0.1, 0.15) is 5.15 Å². The van der Waals surface area contributed by atoms with Gasteiger partial charge in [0, 0.05) is 19.3 Å². The van der Waals surface area contributed by atoms with Crippen molar-refractivity contribution < 1.29 is 14.3 Å². The van der Waals surface area contributed by atoms with E-state index in [-0.39, 0.29) is 5.91 Å². The smallest absolute Gasteiger partial charge is 0.255 e. The predicted octanol–water partition coefficient (Wildman–Crippen LogP) is 3.73. The summed E-state index contributed by atoms with van der Waals surface area (Å²) in [5, 5.41) is 0.380. The largest absolute Gasteiger partial charge is 0.490 e. The first-order valence-corrected chi connectivity index (χ1v) is 8.82. The van der Waals surface area contributed by atoms with Crippen LogP contribution in [0.1, 0.15) is 35.3 Å². The first kappa shape index (κ1) is 17.5. The van der Waals surface area contributed by atoms with Crippen molar-refractivity contribution in [2.24, 2.45) is 0 Å². The van der Waals surface area contributed by atoms with Gasteiger partial charge in [-0.2, -0.15) is 0 Å². The van der Waals surface area contributed by atoms with Crippen LogP contribution in [0.15, 0.2) is 30.5 Å². The molecule has 1 aromatic heterocycles. The summed E-state index contributed by atoms with van der Waals surface area (Å²) in [6, 6.07) is 7.37. The third-order valence-electron chi connectivity index (χ3n) is 4.14. The third-order valence-corrected chi connectivity index (χ3v) is 4.36. The Hall–Kier alpha value is -2.27. The van der Waals surface area contributed by atoms with E-state index in [4.69, 9.17) is 21.1 Å². The van der Waals surface area contributed by atoms with Gasteiger partial charge in [-0.25, -0.2) is 4.98 Å². The fourth-order valence-electron chi connectivity index (χ4n) is 2.96. The number of hydrogen-bond donors (Lipinski definition) is 0. The normalized spacial score (nSPS) is 13.3. The second kappa shape index (κ2) is 7.74. The molecular formula is C19H21ClN2O3. The Morgan fingerprint density at radius 2 is 1.84 bits per heavy atom. The van der Waals surface area contributed by atoms with Gasteiger partial charge in [-0.1, -0.05) is 11.6 Å². The summed E-state index contributed by atoms with van der Waals surface area (Å²) in [5.74, 6) is 1.46. The van der Waals surface area contributed by atoms with Crippen LogP contribution in [0, 0.1) is 0 Å². The Morgan fingerprint density at radius 3 is 2.44 bits per heavy atom. The number of ether oxygens (including phenoxy) is 2. The molecule has 0 saturated carbocycles. The molecule has 1 aliphatic heterocycles. The number of aromatic nitrogens is 1. The molecule has 0 saturated heterocycles.